The average Bonchev–Trinajstić information content (AvgIpc) is 3.38. The normalized spacial score (nSPS) is 26.4. The third-order valence-electron chi connectivity index (χ3n) is 14.5. The van der Waals surface area contributed by atoms with Gasteiger partial charge in [-0.3, -0.25) is 0 Å². The Morgan fingerprint density at radius 2 is 0.642 bits per heavy atom. The quantitative estimate of drug-likeness (QED) is 0.133. The first-order valence-corrected chi connectivity index (χ1v) is 24.3. The Kier molecular flexibility index (Phi) is 16.2. The maximum Gasteiger partial charge on any atom is 0.338 e. The molecule has 0 N–H and O–H groups in total. The second-order valence-electron chi connectivity index (χ2n) is 20.0. The van der Waals surface area contributed by atoms with Crippen molar-refractivity contribution in [2.75, 3.05) is 108 Å². The van der Waals surface area contributed by atoms with Crippen molar-refractivity contribution in [2.24, 2.45) is 16.2 Å². The van der Waals surface area contributed by atoms with Gasteiger partial charge in [-0.25, -0.2) is 9.59 Å². The molecule has 3 saturated heterocycles. The van der Waals surface area contributed by atoms with Crippen molar-refractivity contribution >= 4 is 11.9 Å². The van der Waals surface area contributed by atoms with E-state index in [1.165, 1.54) is 28.4 Å². The largest absolute Gasteiger partial charge is 0.497 e. The highest BCUT2D eigenvalue weighted by Gasteiger charge is 2.51. The van der Waals surface area contributed by atoms with Crippen molar-refractivity contribution < 1.29 is 75.9 Å². The van der Waals surface area contributed by atoms with E-state index in [9.17, 15) is 9.59 Å². The minimum atomic E-state index is -0.809. The third kappa shape index (κ3) is 12.2. The number of ether oxygens (including phenoxy) is 14. The Balaban J connectivity index is 0.970. The van der Waals surface area contributed by atoms with Crippen molar-refractivity contribution in [3.63, 3.8) is 0 Å². The first-order valence-electron chi connectivity index (χ1n) is 24.3. The highest BCUT2D eigenvalue weighted by molar-refractivity contribution is 5.91. The van der Waals surface area contributed by atoms with Crippen LogP contribution in [0.2, 0.25) is 0 Å². The van der Waals surface area contributed by atoms with E-state index in [4.69, 9.17) is 66.3 Å². The number of carbonyl (C=O) groups is 2. The van der Waals surface area contributed by atoms with E-state index in [0.717, 1.165) is 96.3 Å². The number of benzene rings is 2. The fraction of sp³-hybridized carbons (Fsp3) is 0.725. The summed E-state index contributed by atoms with van der Waals surface area (Å²) in [5.41, 5.74) is -1.73. The highest BCUT2D eigenvalue weighted by Crippen LogP contribution is 2.44. The van der Waals surface area contributed by atoms with Gasteiger partial charge < -0.3 is 66.3 Å². The van der Waals surface area contributed by atoms with Crippen LogP contribution in [0.15, 0.2) is 36.4 Å². The van der Waals surface area contributed by atoms with Crippen LogP contribution in [0, 0.1) is 16.2 Å². The lowest BCUT2D eigenvalue weighted by Gasteiger charge is -2.49. The van der Waals surface area contributed by atoms with Crippen LogP contribution in [0.1, 0.15) is 117 Å². The van der Waals surface area contributed by atoms with Crippen LogP contribution in [0.4, 0.5) is 0 Å². The van der Waals surface area contributed by atoms with Crippen molar-refractivity contribution in [1.82, 2.24) is 0 Å². The van der Waals surface area contributed by atoms with Gasteiger partial charge in [0.05, 0.1) is 122 Å². The predicted octanol–water partition coefficient (Wildman–Crippen LogP) is 7.85. The average molecular weight is 941 g/mol. The molecule has 16 heteroatoms. The van der Waals surface area contributed by atoms with E-state index in [2.05, 4.69) is 0 Å². The van der Waals surface area contributed by atoms with Gasteiger partial charge in [-0.15, -0.1) is 0 Å². The molecule has 3 heterocycles. The number of methoxy groups -OCH3 is 4. The Morgan fingerprint density at radius 1 is 0.388 bits per heavy atom. The molecule has 3 saturated carbocycles. The standard InChI is InChI=1S/C51H72O16/c1-54-40-20-38(21-41(24-40)55-2)44(52)60-30-47(34-64-50(65-35-47)16-10-6-11-17-50)28-58-26-46(32-62-49(63-33-46)14-8-5-9-15-49)27-59-29-48(36-66-51(67-37-48)18-12-7-13-19-51)31-61-45(53)39-22-42(56-3)25-43(23-39)57-4/h20-25H,5-19,26-37H2,1-4H3. The molecule has 0 unspecified atom stereocenters. The minimum Gasteiger partial charge on any atom is -0.497 e. The van der Waals surface area contributed by atoms with Crippen LogP contribution in [0.25, 0.3) is 0 Å². The molecule has 3 aliphatic carbocycles. The molecule has 67 heavy (non-hydrogen) atoms. The predicted molar refractivity (Wildman–Crippen MR) is 242 cm³/mol. The smallest absolute Gasteiger partial charge is 0.338 e. The zero-order chi connectivity index (χ0) is 46.9. The molecule has 0 aromatic heterocycles. The molecule has 372 valence electrons. The van der Waals surface area contributed by atoms with Crippen LogP contribution in [-0.4, -0.2) is 137 Å². The second kappa shape index (κ2) is 21.9. The van der Waals surface area contributed by atoms with Gasteiger partial charge in [0.2, 0.25) is 0 Å². The van der Waals surface area contributed by atoms with Crippen molar-refractivity contribution in [3.8, 4) is 23.0 Å². The maximum absolute atomic E-state index is 13.6. The molecule has 0 radical (unpaired) electrons. The minimum absolute atomic E-state index is 0.00761. The van der Waals surface area contributed by atoms with E-state index in [0.29, 0.717) is 47.3 Å². The summed E-state index contributed by atoms with van der Waals surface area (Å²) in [4.78, 5) is 27.2. The number of hydrogen-bond acceptors (Lipinski definition) is 16. The van der Waals surface area contributed by atoms with Gasteiger partial charge >= 0.3 is 11.9 Å². The molecule has 2 aromatic carbocycles. The van der Waals surface area contributed by atoms with Crippen molar-refractivity contribution in [1.29, 1.82) is 0 Å². The number of hydrogen-bond donors (Lipinski definition) is 0. The second-order valence-corrected chi connectivity index (χ2v) is 20.0. The highest BCUT2D eigenvalue weighted by atomic mass is 16.7. The first-order chi connectivity index (χ1) is 32.5. The third-order valence-corrected chi connectivity index (χ3v) is 14.5. The van der Waals surface area contributed by atoms with E-state index >= 15 is 0 Å². The van der Waals surface area contributed by atoms with Crippen LogP contribution >= 0.6 is 0 Å². The van der Waals surface area contributed by atoms with E-state index in [-0.39, 0.29) is 66.1 Å². The molecule has 0 bridgehead atoms. The van der Waals surface area contributed by atoms with Gasteiger partial charge in [0.1, 0.15) is 36.2 Å². The summed E-state index contributed by atoms with van der Waals surface area (Å²) in [6.07, 6.45) is 14.6. The van der Waals surface area contributed by atoms with E-state index in [1.54, 1.807) is 36.4 Å². The Bertz CT molecular complexity index is 1750. The molecule has 3 spiro atoms. The van der Waals surface area contributed by atoms with E-state index < -0.39 is 45.5 Å². The SMILES string of the molecule is COc1cc(OC)cc(C(=O)OCC2(COCC3(COCC4(COC(=O)c5cc(OC)cc(OC)c5)COC5(CCCCC5)OC4)COC4(CCCCC4)OC3)COC3(CCCCC3)OC2)c1. The van der Waals surface area contributed by atoms with Gasteiger partial charge in [-0.05, 0) is 62.8 Å². The number of carbonyl (C=O) groups excluding carboxylic acids is 2. The Morgan fingerprint density at radius 3 is 0.896 bits per heavy atom. The molecule has 3 aliphatic heterocycles. The lowest BCUT2D eigenvalue weighted by molar-refractivity contribution is -0.338. The summed E-state index contributed by atoms with van der Waals surface area (Å²) in [6, 6.07) is 9.89. The van der Waals surface area contributed by atoms with Gasteiger partial charge in [-0.1, -0.05) is 19.3 Å². The van der Waals surface area contributed by atoms with Gasteiger partial charge in [0.25, 0.3) is 0 Å². The fourth-order valence-corrected chi connectivity index (χ4v) is 10.1. The molecule has 16 nitrogen and oxygen atoms in total. The molecular weight excluding hydrogens is 869 g/mol. The monoisotopic (exact) mass is 940 g/mol. The Labute approximate surface area is 395 Å². The zero-order valence-corrected chi connectivity index (χ0v) is 40.1. The molecule has 6 fully saturated rings. The lowest BCUT2D eigenvalue weighted by Crippen LogP contribution is -2.57. The zero-order valence-electron chi connectivity index (χ0n) is 40.1. The molecular formula is C51H72O16. The first kappa shape index (κ1) is 49.7. The Hall–Kier alpha value is -3.74. The fourth-order valence-electron chi connectivity index (χ4n) is 10.1. The van der Waals surface area contributed by atoms with Crippen LogP contribution in [0.5, 0.6) is 23.0 Å². The summed E-state index contributed by atoms with van der Waals surface area (Å²) >= 11 is 0. The summed E-state index contributed by atoms with van der Waals surface area (Å²) in [5.74, 6) is -1.07. The van der Waals surface area contributed by atoms with Gasteiger partial charge in [-0.2, -0.15) is 0 Å². The van der Waals surface area contributed by atoms with Gasteiger partial charge in [0, 0.05) is 50.7 Å². The molecule has 8 rings (SSSR count). The van der Waals surface area contributed by atoms with E-state index in [1.807, 2.05) is 0 Å². The maximum atomic E-state index is 13.6. The lowest BCUT2D eigenvalue weighted by atomic mass is 9.86. The number of rotatable bonds is 18. The van der Waals surface area contributed by atoms with Crippen molar-refractivity contribution in [2.45, 2.75) is 114 Å². The summed E-state index contributed by atoms with van der Waals surface area (Å²) < 4.78 is 86.8. The topological polar surface area (TPSA) is 163 Å². The number of esters is 2. The van der Waals surface area contributed by atoms with Crippen LogP contribution < -0.4 is 18.9 Å². The summed E-state index contributed by atoms with van der Waals surface area (Å²) in [7, 11) is 6.13. The van der Waals surface area contributed by atoms with Gasteiger partial charge in [0.15, 0.2) is 17.4 Å². The summed E-state index contributed by atoms with van der Waals surface area (Å²) in [5, 5.41) is 0. The van der Waals surface area contributed by atoms with Crippen LogP contribution in [-0.2, 0) is 47.4 Å². The molecule has 0 atom stereocenters. The molecule has 0 amide bonds. The van der Waals surface area contributed by atoms with Crippen LogP contribution in [0.3, 0.4) is 0 Å². The molecule has 2 aromatic rings. The summed E-state index contributed by atoms with van der Waals surface area (Å²) in [6.45, 7) is 2.58. The molecule has 6 aliphatic rings. The van der Waals surface area contributed by atoms with Crippen molar-refractivity contribution in [3.05, 3.63) is 47.5 Å².